The molecule has 1 aliphatic carbocycles. The van der Waals surface area contributed by atoms with Crippen LogP contribution in [0.5, 0.6) is 0 Å². The van der Waals surface area contributed by atoms with E-state index in [4.69, 9.17) is 4.74 Å². The van der Waals surface area contributed by atoms with Crippen molar-refractivity contribution in [2.24, 2.45) is 17.8 Å². The van der Waals surface area contributed by atoms with Crippen molar-refractivity contribution >= 4 is 0 Å². The van der Waals surface area contributed by atoms with Crippen LogP contribution in [0.4, 0.5) is 0 Å². The highest BCUT2D eigenvalue weighted by molar-refractivity contribution is 4.76. The molecule has 1 N–H and O–H groups in total. The van der Waals surface area contributed by atoms with Crippen molar-refractivity contribution in [1.29, 1.82) is 0 Å². The molecule has 1 fully saturated rings. The maximum absolute atomic E-state index is 5.81. The van der Waals surface area contributed by atoms with Gasteiger partial charge in [-0.3, -0.25) is 0 Å². The molecule has 0 amide bonds. The zero-order valence-electron chi connectivity index (χ0n) is 12.7. The van der Waals surface area contributed by atoms with Crippen molar-refractivity contribution in [2.75, 3.05) is 26.3 Å². The smallest absolute Gasteiger partial charge is 0.0497 e. The molecule has 0 bridgehead atoms. The van der Waals surface area contributed by atoms with Crippen LogP contribution in [0.25, 0.3) is 0 Å². The van der Waals surface area contributed by atoms with Crippen LogP contribution in [0.2, 0.25) is 0 Å². The minimum Gasteiger partial charge on any atom is -0.381 e. The van der Waals surface area contributed by atoms with Gasteiger partial charge in [-0.15, -0.1) is 0 Å². The minimum absolute atomic E-state index is 0.755. The number of rotatable bonds is 8. The lowest BCUT2D eigenvalue weighted by molar-refractivity contribution is 0.0733. The van der Waals surface area contributed by atoms with Gasteiger partial charge in [0, 0.05) is 13.2 Å². The second-order valence-corrected chi connectivity index (χ2v) is 6.29. The molecule has 1 aliphatic rings. The van der Waals surface area contributed by atoms with Crippen molar-refractivity contribution in [1.82, 2.24) is 5.32 Å². The molecule has 0 aromatic rings. The van der Waals surface area contributed by atoms with E-state index in [9.17, 15) is 0 Å². The van der Waals surface area contributed by atoms with E-state index < -0.39 is 0 Å². The van der Waals surface area contributed by atoms with Crippen molar-refractivity contribution in [2.45, 2.75) is 59.3 Å². The highest BCUT2D eigenvalue weighted by Gasteiger charge is 2.23. The Hall–Kier alpha value is -0.0800. The second-order valence-electron chi connectivity index (χ2n) is 6.29. The molecule has 1 rings (SSSR count). The van der Waals surface area contributed by atoms with Crippen LogP contribution in [0.15, 0.2) is 0 Å². The van der Waals surface area contributed by atoms with Crippen molar-refractivity contribution in [3.05, 3.63) is 0 Å². The van der Waals surface area contributed by atoms with Crippen LogP contribution < -0.4 is 5.32 Å². The Morgan fingerprint density at radius 2 is 1.83 bits per heavy atom. The van der Waals surface area contributed by atoms with Crippen LogP contribution in [0, 0.1) is 17.8 Å². The summed E-state index contributed by atoms with van der Waals surface area (Å²) in [6.45, 7) is 11.0. The molecule has 2 nitrogen and oxygen atoms in total. The zero-order chi connectivity index (χ0) is 13.2. The molecule has 0 heterocycles. The first-order valence-electron chi connectivity index (χ1n) is 8.02. The Kier molecular flexibility index (Phi) is 8.70. The summed E-state index contributed by atoms with van der Waals surface area (Å²) in [4.78, 5) is 0. The molecule has 0 spiro atoms. The van der Waals surface area contributed by atoms with Gasteiger partial charge in [0.05, 0.1) is 0 Å². The maximum Gasteiger partial charge on any atom is 0.0497 e. The van der Waals surface area contributed by atoms with E-state index in [2.05, 4.69) is 26.1 Å². The molecule has 0 aromatic heterocycles. The predicted molar refractivity (Wildman–Crippen MR) is 78.9 cm³/mol. The first kappa shape index (κ1) is 16.0. The third-order valence-electron chi connectivity index (χ3n) is 3.96. The van der Waals surface area contributed by atoms with E-state index in [1.165, 1.54) is 38.6 Å². The van der Waals surface area contributed by atoms with Crippen LogP contribution in [0.3, 0.4) is 0 Å². The highest BCUT2D eigenvalue weighted by atomic mass is 16.5. The summed E-state index contributed by atoms with van der Waals surface area (Å²) in [5.74, 6) is 2.38. The second kappa shape index (κ2) is 9.80. The van der Waals surface area contributed by atoms with Gasteiger partial charge in [-0.2, -0.15) is 0 Å². The minimum atomic E-state index is 0.755. The van der Waals surface area contributed by atoms with E-state index in [1.54, 1.807) is 0 Å². The molecular formula is C16H33NO. The Morgan fingerprint density at radius 1 is 1.11 bits per heavy atom. The van der Waals surface area contributed by atoms with Gasteiger partial charge in [-0.25, -0.2) is 0 Å². The molecule has 18 heavy (non-hydrogen) atoms. The van der Waals surface area contributed by atoms with Crippen LogP contribution >= 0.6 is 0 Å². The first-order valence-corrected chi connectivity index (χ1v) is 8.02. The van der Waals surface area contributed by atoms with Crippen LogP contribution in [0.1, 0.15) is 59.3 Å². The molecule has 0 radical (unpaired) electrons. The van der Waals surface area contributed by atoms with E-state index in [0.29, 0.717) is 0 Å². The Balaban J connectivity index is 2.31. The molecule has 1 saturated carbocycles. The molecular weight excluding hydrogens is 222 g/mol. The van der Waals surface area contributed by atoms with E-state index in [-0.39, 0.29) is 0 Å². The average molecular weight is 255 g/mol. The van der Waals surface area contributed by atoms with E-state index >= 15 is 0 Å². The summed E-state index contributed by atoms with van der Waals surface area (Å²) >= 11 is 0. The normalized spacial score (nSPS) is 25.3. The summed E-state index contributed by atoms with van der Waals surface area (Å²) in [5.41, 5.74) is 0. The third-order valence-corrected chi connectivity index (χ3v) is 3.96. The average Bonchev–Trinajstić information content (AvgIpc) is 2.55. The third kappa shape index (κ3) is 6.75. The first-order chi connectivity index (χ1) is 8.74. The summed E-state index contributed by atoms with van der Waals surface area (Å²) in [6.07, 6.45) is 8.15. The zero-order valence-corrected chi connectivity index (χ0v) is 12.7. The maximum atomic E-state index is 5.81. The fourth-order valence-electron chi connectivity index (χ4n) is 2.89. The predicted octanol–water partition coefficient (Wildman–Crippen LogP) is 3.86. The molecule has 0 saturated heterocycles. The topological polar surface area (TPSA) is 21.3 Å². The SMILES string of the molecule is CCCOCC1CCCCCC1CNCC(C)C. The summed E-state index contributed by atoms with van der Waals surface area (Å²) in [6, 6.07) is 0. The molecule has 2 atom stereocenters. The standard InChI is InChI=1S/C16H33NO/c1-4-10-18-13-16-9-7-5-6-8-15(16)12-17-11-14(2)3/h14-17H,4-13H2,1-3H3. The summed E-state index contributed by atoms with van der Waals surface area (Å²) < 4.78 is 5.81. The van der Waals surface area contributed by atoms with Gasteiger partial charge >= 0.3 is 0 Å². The summed E-state index contributed by atoms with van der Waals surface area (Å²) in [5, 5.41) is 3.65. The monoisotopic (exact) mass is 255 g/mol. The summed E-state index contributed by atoms with van der Waals surface area (Å²) in [7, 11) is 0. The lowest BCUT2D eigenvalue weighted by Crippen LogP contribution is -2.32. The lowest BCUT2D eigenvalue weighted by atomic mass is 9.88. The molecule has 2 heteroatoms. The van der Waals surface area contributed by atoms with Gasteiger partial charge < -0.3 is 10.1 Å². The van der Waals surface area contributed by atoms with Crippen molar-refractivity contribution < 1.29 is 4.74 Å². The van der Waals surface area contributed by atoms with Crippen molar-refractivity contribution in [3.63, 3.8) is 0 Å². The Bertz CT molecular complexity index is 194. The van der Waals surface area contributed by atoms with Gasteiger partial charge in [0.2, 0.25) is 0 Å². The Labute approximate surface area is 114 Å². The largest absolute Gasteiger partial charge is 0.381 e. The fourth-order valence-corrected chi connectivity index (χ4v) is 2.89. The van der Waals surface area contributed by atoms with Gasteiger partial charge in [0.25, 0.3) is 0 Å². The van der Waals surface area contributed by atoms with Gasteiger partial charge in [0.1, 0.15) is 0 Å². The molecule has 0 aliphatic heterocycles. The molecule has 108 valence electrons. The van der Waals surface area contributed by atoms with E-state index in [1.807, 2.05) is 0 Å². The van der Waals surface area contributed by atoms with Crippen LogP contribution in [-0.2, 0) is 4.74 Å². The number of hydrogen-bond acceptors (Lipinski definition) is 2. The Morgan fingerprint density at radius 3 is 2.50 bits per heavy atom. The molecule has 0 aromatic carbocycles. The van der Waals surface area contributed by atoms with Crippen molar-refractivity contribution in [3.8, 4) is 0 Å². The quantitative estimate of drug-likeness (QED) is 0.525. The lowest BCUT2D eigenvalue weighted by Gasteiger charge is -2.25. The fraction of sp³-hybridized carbons (Fsp3) is 1.00. The van der Waals surface area contributed by atoms with Gasteiger partial charge in [-0.1, -0.05) is 40.0 Å². The van der Waals surface area contributed by atoms with Crippen LogP contribution in [-0.4, -0.2) is 26.3 Å². The number of ether oxygens (including phenoxy) is 1. The molecule has 2 unspecified atom stereocenters. The van der Waals surface area contributed by atoms with Gasteiger partial charge in [-0.05, 0) is 50.1 Å². The highest BCUT2D eigenvalue weighted by Crippen LogP contribution is 2.28. The van der Waals surface area contributed by atoms with E-state index in [0.717, 1.165) is 43.9 Å². The number of nitrogens with one attached hydrogen (secondary N) is 1. The number of hydrogen-bond donors (Lipinski definition) is 1. The van der Waals surface area contributed by atoms with Gasteiger partial charge in [0.15, 0.2) is 0 Å².